The van der Waals surface area contributed by atoms with Crippen molar-refractivity contribution in [2.45, 2.75) is 18.6 Å². The Labute approximate surface area is 110 Å². The third kappa shape index (κ3) is 5.60. The predicted molar refractivity (Wildman–Crippen MR) is 61.9 cm³/mol. The molecule has 19 heavy (non-hydrogen) atoms. The number of amides is 2. The second-order valence-electron chi connectivity index (χ2n) is 3.55. The number of carbonyl (C=O) groups excluding carboxylic acids is 1. The molecular weight excluding hydrogens is 285 g/mol. The van der Waals surface area contributed by atoms with Crippen molar-refractivity contribution in [2.24, 2.45) is 0 Å². The Hall–Kier alpha value is -1.77. The second kappa shape index (κ2) is 6.41. The summed E-state index contributed by atoms with van der Waals surface area (Å²) < 4.78 is 35.6. The van der Waals surface area contributed by atoms with E-state index in [4.69, 9.17) is 5.11 Å². The Balaban J connectivity index is 2.47. The van der Waals surface area contributed by atoms with Gasteiger partial charge in [0.15, 0.2) is 6.04 Å². The summed E-state index contributed by atoms with van der Waals surface area (Å²) in [5.74, 6) is -1.28. The van der Waals surface area contributed by atoms with Crippen LogP contribution in [0.15, 0.2) is 17.5 Å². The molecule has 1 atom stereocenters. The molecule has 0 saturated carbocycles. The molecule has 1 unspecified atom stereocenters. The van der Waals surface area contributed by atoms with E-state index in [9.17, 15) is 22.8 Å². The second-order valence-corrected chi connectivity index (χ2v) is 4.53. The van der Waals surface area contributed by atoms with E-state index in [1.54, 1.807) is 11.4 Å². The Bertz CT molecular complexity index is 434. The van der Waals surface area contributed by atoms with Gasteiger partial charge in [-0.2, -0.15) is 13.2 Å². The van der Waals surface area contributed by atoms with Gasteiger partial charge in [0.1, 0.15) is 0 Å². The largest absolute Gasteiger partial charge is 0.479 e. The number of carboxylic acids is 1. The highest BCUT2D eigenvalue weighted by Gasteiger charge is 2.27. The molecule has 0 fully saturated rings. The van der Waals surface area contributed by atoms with Crippen molar-refractivity contribution < 1.29 is 27.9 Å². The summed E-state index contributed by atoms with van der Waals surface area (Å²) in [6, 6.07) is 0.898. The lowest BCUT2D eigenvalue weighted by Crippen LogP contribution is -2.41. The number of hydrogen-bond acceptors (Lipinski definition) is 3. The number of aliphatic carboxylic acids is 1. The van der Waals surface area contributed by atoms with E-state index in [-0.39, 0.29) is 0 Å². The lowest BCUT2D eigenvalue weighted by molar-refractivity contribution is -0.139. The van der Waals surface area contributed by atoms with Crippen molar-refractivity contribution in [1.82, 2.24) is 10.6 Å². The van der Waals surface area contributed by atoms with E-state index in [1.165, 1.54) is 6.07 Å². The van der Waals surface area contributed by atoms with Crippen LogP contribution in [-0.4, -0.2) is 29.8 Å². The number of thiophene rings is 1. The van der Waals surface area contributed by atoms with Crippen LogP contribution in [0.1, 0.15) is 17.3 Å². The normalized spacial score (nSPS) is 12.8. The Morgan fingerprint density at radius 2 is 2.11 bits per heavy atom. The van der Waals surface area contributed by atoms with Crippen molar-refractivity contribution in [3.05, 3.63) is 22.4 Å². The molecule has 106 valence electrons. The fourth-order valence-corrected chi connectivity index (χ4v) is 1.98. The molecule has 1 aromatic heterocycles. The van der Waals surface area contributed by atoms with Crippen molar-refractivity contribution in [3.63, 3.8) is 0 Å². The van der Waals surface area contributed by atoms with Crippen molar-refractivity contribution >= 4 is 23.3 Å². The van der Waals surface area contributed by atoms with Crippen LogP contribution in [0.4, 0.5) is 18.0 Å². The zero-order chi connectivity index (χ0) is 14.5. The molecule has 0 spiro atoms. The lowest BCUT2D eigenvalue weighted by atomic mass is 10.2. The molecule has 3 N–H and O–H groups in total. The fourth-order valence-electron chi connectivity index (χ4n) is 1.21. The van der Waals surface area contributed by atoms with Crippen LogP contribution in [0, 0.1) is 0 Å². The number of halogens is 3. The highest BCUT2D eigenvalue weighted by molar-refractivity contribution is 7.10. The van der Waals surface area contributed by atoms with Crippen LogP contribution in [0.3, 0.4) is 0 Å². The number of hydrogen-bond donors (Lipinski definition) is 3. The van der Waals surface area contributed by atoms with E-state index in [2.05, 4.69) is 5.32 Å². The number of nitrogens with one attached hydrogen (secondary N) is 2. The molecular formula is C10H11F3N2O3S. The zero-order valence-electron chi connectivity index (χ0n) is 9.53. The monoisotopic (exact) mass is 296 g/mol. The summed E-state index contributed by atoms with van der Waals surface area (Å²) in [7, 11) is 0. The van der Waals surface area contributed by atoms with Gasteiger partial charge in [0.2, 0.25) is 0 Å². The van der Waals surface area contributed by atoms with Crippen molar-refractivity contribution in [3.8, 4) is 0 Å². The number of alkyl halides is 3. The molecule has 1 aromatic rings. The van der Waals surface area contributed by atoms with E-state index in [0.717, 1.165) is 11.3 Å². The highest BCUT2D eigenvalue weighted by atomic mass is 32.1. The quantitative estimate of drug-likeness (QED) is 0.779. The van der Waals surface area contributed by atoms with Crippen LogP contribution in [0.5, 0.6) is 0 Å². The highest BCUT2D eigenvalue weighted by Crippen LogP contribution is 2.19. The first kappa shape index (κ1) is 15.3. The van der Waals surface area contributed by atoms with Crippen molar-refractivity contribution in [1.29, 1.82) is 0 Å². The van der Waals surface area contributed by atoms with E-state index in [0.29, 0.717) is 4.88 Å². The summed E-state index contributed by atoms with van der Waals surface area (Å²) in [5, 5.41) is 14.6. The molecule has 1 rings (SSSR count). The van der Waals surface area contributed by atoms with Gasteiger partial charge >= 0.3 is 18.2 Å². The maximum absolute atomic E-state index is 11.9. The topological polar surface area (TPSA) is 78.4 Å². The first-order chi connectivity index (χ1) is 8.79. The van der Waals surface area contributed by atoms with E-state index < -0.39 is 37.2 Å². The minimum Gasteiger partial charge on any atom is -0.479 e. The predicted octanol–water partition coefficient (Wildman–Crippen LogP) is 2.13. The molecule has 2 amide bonds. The molecule has 5 nitrogen and oxygen atoms in total. The maximum atomic E-state index is 11.9. The molecule has 0 radical (unpaired) electrons. The third-order valence-electron chi connectivity index (χ3n) is 2.04. The standard InChI is InChI=1S/C10H11F3N2O3S/c11-10(12,13)3-4-14-9(18)15-7(8(16)17)6-2-1-5-19-6/h1-2,5,7H,3-4H2,(H,16,17)(H2,14,15,18). The summed E-state index contributed by atoms with van der Waals surface area (Å²) >= 11 is 1.13. The van der Waals surface area contributed by atoms with Gasteiger partial charge in [-0.15, -0.1) is 11.3 Å². The Morgan fingerprint density at radius 1 is 1.42 bits per heavy atom. The minimum atomic E-state index is -4.37. The number of carboxylic acid groups (broad SMARTS) is 1. The average molecular weight is 296 g/mol. The average Bonchev–Trinajstić information content (AvgIpc) is 2.76. The Kier molecular flexibility index (Phi) is 5.16. The van der Waals surface area contributed by atoms with Crippen LogP contribution in [0.25, 0.3) is 0 Å². The minimum absolute atomic E-state index is 0.387. The van der Waals surface area contributed by atoms with Gasteiger partial charge in [0.25, 0.3) is 0 Å². The first-order valence-electron chi connectivity index (χ1n) is 5.17. The van der Waals surface area contributed by atoms with Crippen LogP contribution in [0.2, 0.25) is 0 Å². The van der Waals surface area contributed by atoms with Gasteiger partial charge in [0, 0.05) is 11.4 Å². The summed E-state index contributed by atoms with van der Waals surface area (Å²) in [6.45, 7) is -0.605. The summed E-state index contributed by atoms with van der Waals surface area (Å²) in [6.07, 6.45) is -5.54. The summed E-state index contributed by atoms with van der Waals surface area (Å²) in [4.78, 5) is 22.6. The van der Waals surface area contributed by atoms with Gasteiger partial charge in [-0.05, 0) is 11.4 Å². The molecule has 0 saturated heterocycles. The number of urea groups is 1. The van der Waals surface area contributed by atoms with E-state index >= 15 is 0 Å². The number of rotatable bonds is 5. The molecule has 1 heterocycles. The SMILES string of the molecule is O=C(NCCC(F)(F)F)NC(C(=O)O)c1cccs1. The molecule has 0 bridgehead atoms. The number of carbonyl (C=O) groups is 2. The van der Waals surface area contributed by atoms with Crippen LogP contribution < -0.4 is 10.6 Å². The third-order valence-corrected chi connectivity index (χ3v) is 2.98. The zero-order valence-corrected chi connectivity index (χ0v) is 10.3. The van der Waals surface area contributed by atoms with Gasteiger partial charge in [0.05, 0.1) is 6.42 Å². The van der Waals surface area contributed by atoms with Gasteiger partial charge in [-0.1, -0.05) is 6.07 Å². The molecule has 0 aromatic carbocycles. The van der Waals surface area contributed by atoms with Crippen LogP contribution >= 0.6 is 11.3 Å². The molecule has 0 aliphatic heterocycles. The smallest absolute Gasteiger partial charge is 0.390 e. The molecule has 9 heteroatoms. The molecule has 0 aliphatic rings. The van der Waals surface area contributed by atoms with Gasteiger partial charge < -0.3 is 15.7 Å². The lowest BCUT2D eigenvalue weighted by Gasteiger charge is -2.14. The van der Waals surface area contributed by atoms with E-state index in [1.807, 2.05) is 5.32 Å². The Morgan fingerprint density at radius 3 is 2.58 bits per heavy atom. The van der Waals surface area contributed by atoms with Crippen molar-refractivity contribution in [2.75, 3.05) is 6.54 Å². The fraction of sp³-hybridized carbons (Fsp3) is 0.400. The maximum Gasteiger partial charge on any atom is 0.390 e. The van der Waals surface area contributed by atoms with Gasteiger partial charge in [-0.25, -0.2) is 9.59 Å². The summed E-state index contributed by atoms with van der Waals surface area (Å²) in [5.41, 5.74) is 0. The van der Waals surface area contributed by atoms with Crippen LogP contribution in [-0.2, 0) is 4.79 Å². The van der Waals surface area contributed by atoms with Gasteiger partial charge in [-0.3, -0.25) is 0 Å². The molecule has 0 aliphatic carbocycles. The first-order valence-corrected chi connectivity index (χ1v) is 6.05.